The third kappa shape index (κ3) is 5.29. The fraction of sp³-hybridized carbons (Fsp3) is 0.172. The van der Waals surface area contributed by atoms with Crippen LogP contribution in [0.25, 0.3) is 93.6 Å². The topological polar surface area (TPSA) is 14.8 Å². The Balaban J connectivity index is 1.06. The fourth-order valence-electron chi connectivity index (χ4n) is 11.9. The lowest BCUT2D eigenvalue weighted by atomic mass is 9.78. The van der Waals surface area contributed by atoms with E-state index in [4.69, 9.17) is 0 Å². The quantitative estimate of drug-likeness (QED) is 0.165. The van der Waals surface area contributed by atoms with Crippen LogP contribution in [-0.4, -0.2) is 13.7 Å². The molecule has 2 aliphatic rings. The van der Waals surface area contributed by atoms with Crippen LogP contribution in [0.1, 0.15) is 68.4 Å². The van der Waals surface area contributed by atoms with Crippen molar-refractivity contribution in [3.63, 3.8) is 0 Å². The molecule has 8 aromatic carbocycles. The Bertz CT molecular complexity index is 3490. The molecule has 11 aromatic rings. The molecule has 0 radical (unpaired) electrons. The van der Waals surface area contributed by atoms with E-state index in [1.165, 1.54) is 132 Å². The molecule has 294 valence electrons. The number of hydrogen-bond acceptors (Lipinski definition) is 0. The highest BCUT2D eigenvalue weighted by Gasteiger charge is 2.33. The molecule has 0 N–H and O–H groups in total. The average Bonchev–Trinajstić information content (AvgIpc) is 3.92. The molecule has 3 heteroatoms. The van der Waals surface area contributed by atoms with E-state index in [0.29, 0.717) is 11.8 Å². The average molecular weight is 786 g/mol. The van der Waals surface area contributed by atoms with E-state index in [9.17, 15) is 0 Å². The first-order valence-corrected chi connectivity index (χ1v) is 22.5. The summed E-state index contributed by atoms with van der Waals surface area (Å²) in [5.41, 5.74) is 16.8. The van der Waals surface area contributed by atoms with Gasteiger partial charge in [-0.25, -0.2) is 0 Å². The van der Waals surface area contributed by atoms with Gasteiger partial charge in [0.2, 0.25) is 0 Å². The molecule has 3 nitrogen and oxygen atoms in total. The van der Waals surface area contributed by atoms with Crippen LogP contribution in [0.15, 0.2) is 176 Å². The van der Waals surface area contributed by atoms with Crippen LogP contribution in [0, 0.1) is 5.92 Å². The van der Waals surface area contributed by atoms with Gasteiger partial charge in [0.1, 0.15) is 0 Å². The summed E-state index contributed by atoms with van der Waals surface area (Å²) in [6.07, 6.45) is 7.99. The molecule has 3 aromatic heterocycles. The summed E-state index contributed by atoms with van der Waals surface area (Å²) in [6, 6.07) is 66.1. The van der Waals surface area contributed by atoms with Crippen molar-refractivity contribution in [3.8, 4) is 28.2 Å². The zero-order valence-electron chi connectivity index (χ0n) is 34.6. The lowest BCUT2D eigenvalue weighted by Crippen LogP contribution is -2.12. The largest absolute Gasteiger partial charge is 0.309 e. The molecule has 0 saturated heterocycles. The Labute approximate surface area is 356 Å². The first-order chi connectivity index (χ1) is 30.2. The molecule has 3 unspecified atom stereocenters. The van der Waals surface area contributed by atoms with Crippen LogP contribution in [0.3, 0.4) is 0 Å². The summed E-state index contributed by atoms with van der Waals surface area (Å²) in [4.78, 5) is 0. The Morgan fingerprint density at radius 1 is 0.393 bits per heavy atom. The Hall–Kier alpha value is -6.84. The van der Waals surface area contributed by atoms with Crippen LogP contribution in [0.5, 0.6) is 0 Å². The first-order valence-electron chi connectivity index (χ1n) is 22.5. The molecular formula is C58H47N3. The lowest BCUT2D eigenvalue weighted by molar-refractivity contribution is 0.303. The number of para-hydroxylation sites is 4. The molecule has 13 rings (SSSR count). The van der Waals surface area contributed by atoms with Crippen molar-refractivity contribution in [1.29, 1.82) is 0 Å². The molecule has 0 amide bonds. The predicted octanol–water partition coefficient (Wildman–Crippen LogP) is 15.8. The van der Waals surface area contributed by atoms with Gasteiger partial charge in [-0.15, -0.1) is 0 Å². The van der Waals surface area contributed by atoms with E-state index in [1.54, 1.807) is 11.1 Å². The SMILES string of the molecule is CCC1CC2CCCC(C2)c2cc3c(cc21)c1cc(-c2ccc4c(c2)c2cc5c(cc2n4-c2ccccc2)c2ccccc2n5-c2ccccc2)ccc1n3-c1ccccc1. The van der Waals surface area contributed by atoms with E-state index in [1.807, 2.05) is 0 Å². The molecule has 2 bridgehead atoms. The van der Waals surface area contributed by atoms with E-state index in [0.717, 1.165) is 5.92 Å². The predicted molar refractivity (Wildman–Crippen MR) is 257 cm³/mol. The van der Waals surface area contributed by atoms with Crippen LogP contribution in [-0.2, 0) is 0 Å². The summed E-state index contributed by atoms with van der Waals surface area (Å²) in [6.45, 7) is 2.41. The Morgan fingerprint density at radius 3 is 1.44 bits per heavy atom. The molecule has 3 heterocycles. The zero-order chi connectivity index (χ0) is 40.2. The van der Waals surface area contributed by atoms with Gasteiger partial charge in [-0.05, 0) is 157 Å². The van der Waals surface area contributed by atoms with Gasteiger partial charge >= 0.3 is 0 Å². The number of rotatable bonds is 5. The highest BCUT2D eigenvalue weighted by atomic mass is 15.0. The van der Waals surface area contributed by atoms with Gasteiger partial charge in [-0.1, -0.05) is 105 Å². The van der Waals surface area contributed by atoms with Gasteiger partial charge < -0.3 is 13.7 Å². The van der Waals surface area contributed by atoms with Crippen LogP contribution < -0.4 is 0 Å². The molecule has 2 aliphatic carbocycles. The molecule has 1 fully saturated rings. The van der Waals surface area contributed by atoms with Crippen molar-refractivity contribution in [2.45, 2.75) is 57.3 Å². The number of aromatic nitrogens is 3. The Kier molecular flexibility index (Phi) is 7.79. The lowest BCUT2D eigenvalue weighted by Gasteiger charge is -2.27. The highest BCUT2D eigenvalue weighted by Crippen LogP contribution is 2.50. The summed E-state index contributed by atoms with van der Waals surface area (Å²) < 4.78 is 7.44. The number of fused-ring (bicyclic) bond motifs is 13. The molecular weight excluding hydrogens is 739 g/mol. The number of nitrogens with zero attached hydrogens (tertiary/aromatic N) is 3. The summed E-state index contributed by atoms with van der Waals surface area (Å²) in [5, 5.41) is 7.76. The second-order valence-corrected chi connectivity index (χ2v) is 17.9. The first kappa shape index (κ1) is 35.0. The maximum atomic E-state index is 2.64. The molecule has 0 aliphatic heterocycles. The standard InChI is InChI=1S/C58H47N3/c1-2-38-29-37-15-14-16-41(30-37)47-34-56-50(33-46(38)47)48-31-39(25-27-54(48)60(56)43-19-8-4-9-20-43)40-26-28-55-49(32-40)52-36-57-51(35-58(52)61(55)44-21-10-5-11-22-44)45-23-12-13-24-53(45)59(57)42-17-6-3-7-18-42/h3-13,17-28,31-38,41H,2,14-16,29-30H2,1H3. The molecule has 0 spiro atoms. The summed E-state index contributed by atoms with van der Waals surface area (Å²) in [7, 11) is 0. The highest BCUT2D eigenvalue weighted by molar-refractivity contribution is 6.19. The normalized spacial score (nSPS) is 17.8. The molecule has 3 atom stereocenters. The van der Waals surface area contributed by atoms with Crippen molar-refractivity contribution in [2.75, 3.05) is 0 Å². The van der Waals surface area contributed by atoms with Crippen molar-refractivity contribution in [3.05, 3.63) is 187 Å². The van der Waals surface area contributed by atoms with Crippen molar-refractivity contribution >= 4 is 65.4 Å². The minimum absolute atomic E-state index is 0.627. The summed E-state index contributed by atoms with van der Waals surface area (Å²) in [5.74, 6) is 2.16. The second-order valence-electron chi connectivity index (χ2n) is 17.9. The van der Waals surface area contributed by atoms with Crippen LogP contribution in [0.4, 0.5) is 0 Å². The zero-order valence-corrected chi connectivity index (χ0v) is 34.6. The van der Waals surface area contributed by atoms with Gasteiger partial charge in [0.25, 0.3) is 0 Å². The van der Waals surface area contributed by atoms with Crippen molar-refractivity contribution < 1.29 is 0 Å². The van der Waals surface area contributed by atoms with E-state index in [-0.39, 0.29) is 0 Å². The van der Waals surface area contributed by atoms with Gasteiger partial charge in [0.05, 0.1) is 33.1 Å². The number of benzene rings is 8. The van der Waals surface area contributed by atoms with E-state index in [2.05, 4.69) is 197 Å². The van der Waals surface area contributed by atoms with Gasteiger partial charge in [-0.2, -0.15) is 0 Å². The third-order valence-corrected chi connectivity index (χ3v) is 14.7. The van der Waals surface area contributed by atoms with Crippen molar-refractivity contribution in [1.82, 2.24) is 13.7 Å². The Morgan fingerprint density at radius 2 is 0.869 bits per heavy atom. The number of hydrogen-bond donors (Lipinski definition) is 0. The monoisotopic (exact) mass is 785 g/mol. The van der Waals surface area contributed by atoms with Gasteiger partial charge in [0, 0.05) is 49.4 Å². The minimum atomic E-state index is 0.627. The minimum Gasteiger partial charge on any atom is -0.309 e. The molecule has 61 heavy (non-hydrogen) atoms. The van der Waals surface area contributed by atoms with Gasteiger partial charge in [0.15, 0.2) is 0 Å². The maximum absolute atomic E-state index is 2.64. The van der Waals surface area contributed by atoms with Crippen LogP contribution >= 0.6 is 0 Å². The third-order valence-electron chi connectivity index (χ3n) is 14.7. The smallest absolute Gasteiger partial charge is 0.0548 e. The van der Waals surface area contributed by atoms with Crippen LogP contribution in [0.2, 0.25) is 0 Å². The maximum Gasteiger partial charge on any atom is 0.0548 e. The van der Waals surface area contributed by atoms with E-state index < -0.39 is 0 Å². The van der Waals surface area contributed by atoms with Gasteiger partial charge in [-0.3, -0.25) is 0 Å². The second kappa shape index (κ2) is 13.6. The fourth-order valence-corrected chi connectivity index (χ4v) is 11.9. The van der Waals surface area contributed by atoms with Crippen molar-refractivity contribution in [2.24, 2.45) is 5.92 Å². The molecule has 1 saturated carbocycles. The van der Waals surface area contributed by atoms with E-state index >= 15 is 0 Å². The summed E-state index contributed by atoms with van der Waals surface area (Å²) >= 11 is 0.